The summed E-state index contributed by atoms with van der Waals surface area (Å²) in [6, 6.07) is 12.8. The van der Waals surface area contributed by atoms with Crippen LogP contribution in [0, 0.1) is 12.8 Å². The van der Waals surface area contributed by atoms with Crippen molar-refractivity contribution in [2.45, 2.75) is 40.0 Å². The van der Waals surface area contributed by atoms with Crippen molar-refractivity contribution in [1.82, 2.24) is 5.32 Å². The van der Waals surface area contributed by atoms with Crippen LogP contribution >= 0.6 is 0 Å². The summed E-state index contributed by atoms with van der Waals surface area (Å²) in [6.07, 6.45) is 2.97. The van der Waals surface area contributed by atoms with Gasteiger partial charge in [0.15, 0.2) is 0 Å². The van der Waals surface area contributed by atoms with E-state index in [4.69, 9.17) is 4.74 Å². The summed E-state index contributed by atoms with van der Waals surface area (Å²) < 4.78 is 5.36. The number of nitrogens with zero attached hydrogens (tertiary/aromatic N) is 1. The summed E-state index contributed by atoms with van der Waals surface area (Å²) >= 11 is 0. The topological polar surface area (TPSA) is 82.7 Å². The maximum Gasteiger partial charge on any atom is 0.323 e. The number of benzene rings is 2. The zero-order chi connectivity index (χ0) is 23.6. The van der Waals surface area contributed by atoms with Crippen molar-refractivity contribution in [2.24, 2.45) is 5.92 Å². The van der Waals surface area contributed by atoms with Crippen LogP contribution in [0.4, 0.5) is 21.9 Å². The second-order valence-electron chi connectivity index (χ2n) is 8.66. The first-order chi connectivity index (χ1) is 16.0. The van der Waals surface area contributed by atoms with Crippen molar-refractivity contribution >= 4 is 29.0 Å². The van der Waals surface area contributed by atoms with E-state index in [9.17, 15) is 9.59 Å². The number of rotatable bonds is 9. The second kappa shape index (κ2) is 12.3. The lowest BCUT2D eigenvalue weighted by Crippen LogP contribution is -2.35. The van der Waals surface area contributed by atoms with Crippen LogP contribution in [0.1, 0.15) is 49.0 Å². The first kappa shape index (κ1) is 24.6. The molecule has 1 aliphatic heterocycles. The number of urea groups is 1. The smallest absolute Gasteiger partial charge is 0.323 e. The first-order valence-corrected chi connectivity index (χ1v) is 11.9. The Morgan fingerprint density at radius 2 is 1.79 bits per heavy atom. The van der Waals surface area contributed by atoms with Crippen LogP contribution in [-0.4, -0.2) is 44.8 Å². The van der Waals surface area contributed by atoms with Gasteiger partial charge in [-0.15, -0.1) is 0 Å². The van der Waals surface area contributed by atoms with Gasteiger partial charge in [0.05, 0.1) is 5.56 Å². The van der Waals surface area contributed by atoms with E-state index in [0.717, 1.165) is 49.3 Å². The monoisotopic (exact) mass is 452 g/mol. The summed E-state index contributed by atoms with van der Waals surface area (Å²) in [6.45, 7) is 9.88. The molecule has 3 N–H and O–H groups in total. The van der Waals surface area contributed by atoms with Crippen molar-refractivity contribution < 1.29 is 14.3 Å². The molecule has 3 rings (SSSR count). The van der Waals surface area contributed by atoms with Crippen molar-refractivity contribution in [2.75, 3.05) is 48.4 Å². The van der Waals surface area contributed by atoms with Gasteiger partial charge in [0.25, 0.3) is 5.91 Å². The fraction of sp³-hybridized carbons (Fsp3) is 0.462. The number of carbonyl (C=O) groups excluding carboxylic acids is 2. The molecule has 178 valence electrons. The molecule has 2 aromatic rings. The number of piperidine rings is 1. The normalized spacial score (nSPS) is 14.1. The molecule has 33 heavy (non-hydrogen) atoms. The molecule has 1 heterocycles. The number of anilines is 3. The highest BCUT2D eigenvalue weighted by Crippen LogP contribution is 2.29. The van der Waals surface area contributed by atoms with Crippen molar-refractivity contribution in [3.63, 3.8) is 0 Å². The Morgan fingerprint density at radius 3 is 2.48 bits per heavy atom. The Labute approximate surface area is 196 Å². The van der Waals surface area contributed by atoms with Crippen LogP contribution in [0.15, 0.2) is 42.5 Å². The fourth-order valence-corrected chi connectivity index (χ4v) is 3.95. The maximum atomic E-state index is 13.1. The number of aryl methyl sites for hydroxylation is 1. The zero-order valence-corrected chi connectivity index (χ0v) is 19.9. The van der Waals surface area contributed by atoms with E-state index >= 15 is 0 Å². The van der Waals surface area contributed by atoms with Gasteiger partial charge in [0.2, 0.25) is 0 Å². The molecule has 1 aliphatic rings. The average Bonchev–Trinajstić information content (AvgIpc) is 2.79. The highest BCUT2D eigenvalue weighted by Gasteiger charge is 2.22. The minimum Gasteiger partial charge on any atom is -0.382 e. The van der Waals surface area contributed by atoms with Crippen molar-refractivity contribution in [1.29, 1.82) is 0 Å². The second-order valence-corrected chi connectivity index (χ2v) is 8.66. The lowest BCUT2D eigenvalue weighted by atomic mass is 9.98. The number of ether oxygens (including phenoxy) is 1. The lowest BCUT2D eigenvalue weighted by Gasteiger charge is -2.33. The highest BCUT2D eigenvalue weighted by atomic mass is 16.5. The summed E-state index contributed by atoms with van der Waals surface area (Å²) in [5.41, 5.74) is 3.85. The molecule has 7 nitrogen and oxygen atoms in total. The molecule has 0 bridgehead atoms. The van der Waals surface area contributed by atoms with Crippen LogP contribution in [0.5, 0.6) is 0 Å². The number of amides is 3. The summed E-state index contributed by atoms with van der Waals surface area (Å²) in [4.78, 5) is 27.9. The molecule has 0 saturated carbocycles. The molecule has 1 fully saturated rings. The third kappa shape index (κ3) is 7.49. The van der Waals surface area contributed by atoms with E-state index in [-0.39, 0.29) is 11.9 Å². The molecule has 0 aliphatic carbocycles. The van der Waals surface area contributed by atoms with Gasteiger partial charge in [-0.25, -0.2) is 4.79 Å². The number of hydrogen-bond acceptors (Lipinski definition) is 4. The van der Waals surface area contributed by atoms with Gasteiger partial charge in [0.1, 0.15) is 0 Å². The van der Waals surface area contributed by atoms with Gasteiger partial charge in [0, 0.05) is 49.9 Å². The Balaban J connectivity index is 1.72. The fourth-order valence-electron chi connectivity index (χ4n) is 3.95. The van der Waals surface area contributed by atoms with Crippen LogP contribution in [0.2, 0.25) is 0 Å². The third-order valence-corrected chi connectivity index (χ3v) is 5.85. The van der Waals surface area contributed by atoms with E-state index in [1.807, 2.05) is 50.2 Å². The van der Waals surface area contributed by atoms with Crippen LogP contribution < -0.4 is 20.9 Å². The predicted octanol–water partition coefficient (Wildman–Crippen LogP) is 5.03. The molecule has 0 atom stereocenters. The van der Waals surface area contributed by atoms with Crippen LogP contribution in [0.25, 0.3) is 0 Å². The third-order valence-electron chi connectivity index (χ3n) is 5.85. The maximum absolute atomic E-state index is 13.1. The Bertz CT molecular complexity index is 939. The van der Waals surface area contributed by atoms with Gasteiger partial charge in [-0.1, -0.05) is 19.1 Å². The molecular formula is C26H36N4O3. The SMILES string of the molecule is CCOCCCNC(=O)c1cc(NC(=O)Nc2cccc(C)c2)ccc1N1CCC(C)CC1. The summed E-state index contributed by atoms with van der Waals surface area (Å²) in [7, 11) is 0. The van der Waals surface area contributed by atoms with Crippen molar-refractivity contribution in [3.05, 3.63) is 53.6 Å². The van der Waals surface area contributed by atoms with Gasteiger partial charge in [-0.05, 0) is 74.9 Å². The van der Waals surface area contributed by atoms with Gasteiger partial charge in [-0.2, -0.15) is 0 Å². The van der Waals surface area contributed by atoms with Gasteiger partial charge < -0.3 is 25.6 Å². The Kier molecular flexibility index (Phi) is 9.13. The minimum atomic E-state index is -0.344. The van der Waals surface area contributed by atoms with E-state index in [0.29, 0.717) is 36.9 Å². The van der Waals surface area contributed by atoms with Crippen LogP contribution in [-0.2, 0) is 4.74 Å². The molecule has 1 saturated heterocycles. The molecule has 7 heteroatoms. The molecule has 2 aromatic carbocycles. The minimum absolute atomic E-state index is 0.136. The van der Waals surface area contributed by atoms with Crippen molar-refractivity contribution in [3.8, 4) is 0 Å². The van der Waals surface area contributed by atoms with E-state index in [2.05, 4.69) is 27.8 Å². The lowest BCUT2D eigenvalue weighted by molar-refractivity contribution is 0.0944. The van der Waals surface area contributed by atoms with Crippen LogP contribution in [0.3, 0.4) is 0 Å². The molecule has 0 aromatic heterocycles. The number of nitrogens with one attached hydrogen (secondary N) is 3. The Hall–Kier alpha value is -3.06. The number of hydrogen-bond donors (Lipinski definition) is 3. The predicted molar refractivity (Wildman–Crippen MR) is 134 cm³/mol. The quantitative estimate of drug-likeness (QED) is 0.466. The summed E-state index contributed by atoms with van der Waals surface area (Å²) in [5, 5.41) is 8.70. The average molecular weight is 453 g/mol. The molecule has 0 unspecified atom stereocenters. The van der Waals surface area contributed by atoms with Gasteiger partial charge in [-0.3, -0.25) is 4.79 Å². The molecule has 0 spiro atoms. The molecular weight excluding hydrogens is 416 g/mol. The zero-order valence-electron chi connectivity index (χ0n) is 19.9. The number of carbonyl (C=O) groups is 2. The largest absolute Gasteiger partial charge is 0.382 e. The Morgan fingerprint density at radius 1 is 1.06 bits per heavy atom. The first-order valence-electron chi connectivity index (χ1n) is 11.9. The van der Waals surface area contributed by atoms with E-state index < -0.39 is 0 Å². The van der Waals surface area contributed by atoms with Gasteiger partial charge >= 0.3 is 6.03 Å². The summed E-state index contributed by atoms with van der Waals surface area (Å²) in [5.74, 6) is 0.561. The highest BCUT2D eigenvalue weighted by molar-refractivity contribution is 6.04. The molecule has 3 amide bonds. The standard InChI is InChI=1S/C26H36N4O3/c1-4-33-16-6-13-27-25(31)23-18-22(9-10-24(23)30-14-11-19(2)12-15-30)29-26(32)28-21-8-5-7-20(3)17-21/h5,7-10,17-19H,4,6,11-16H2,1-3H3,(H,27,31)(H2,28,29,32). The van der Waals surface area contributed by atoms with E-state index in [1.54, 1.807) is 6.07 Å². The molecule has 0 radical (unpaired) electrons. The van der Waals surface area contributed by atoms with E-state index in [1.165, 1.54) is 0 Å².